The van der Waals surface area contributed by atoms with Gasteiger partial charge in [0.25, 0.3) is 0 Å². The number of aromatic amines is 1. The van der Waals surface area contributed by atoms with Gasteiger partial charge < -0.3 is 10.7 Å². The van der Waals surface area contributed by atoms with E-state index in [2.05, 4.69) is 26.0 Å². The standard InChI is InChI=1S/C14H11N5S/c1-7-4-5-16-13-11(7)18-12(19-13)8-2-3-9-10(6-8)20-14(15)17-9/h2-6H,1H3,(H2,15,17)(H,16,18,19). The van der Waals surface area contributed by atoms with Crippen LogP contribution < -0.4 is 5.73 Å². The normalized spacial score (nSPS) is 11.4. The van der Waals surface area contributed by atoms with E-state index in [0.29, 0.717) is 5.13 Å². The van der Waals surface area contributed by atoms with E-state index in [1.807, 2.05) is 25.1 Å². The summed E-state index contributed by atoms with van der Waals surface area (Å²) in [4.78, 5) is 16.4. The van der Waals surface area contributed by atoms with Crippen molar-refractivity contribution in [2.45, 2.75) is 6.92 Å². The first-order valence-electron chi connectivity index (χ1n) is 6.18. The molecule has 5 nitrogen and oxygen atoms in total. The van der Waals surface area contributed by atoms with Crippen LogP contribution in [-0.2, 0) is 0 Å². The fraction of sp³-hybridized carbons (Fsp3) is 0.0714. The molecule has 4 aromatic rings. The number of hydrogen-bond donors (Lipinski definition) is 2. The van der Waals surface area contributed by atoms with Crippen LogP contribution in [0.4, 0.5) is 5.13 Å². The average molecular weight is 281 g/mol. The second-order valence-corrected chi connectivity index (χ2v) is 5.71. The Hall–Kier alpha value is -2.47. The molecule has 4 rings (SSSR count). The molecule has 0 saturated heterocycles. The maximum atomic E-state index is 5.73. The number of pyridine rings is 1. The fourth-order valence-electron chi connectivity index (χ4n) is 2.26. The Kier molecular flexibility index (Phi) is 2.28. The lowest BCUT2D eigenvalue weighted by atomic mass is 10.2. The molecule has 0 bridgehead atoms. The molecule has 0 aliphatic carbocycles. The van der Waals surface area contributed by atoms with Crippen LogP contribution in [0.1, 0.15) is 5.56 Å². The monoisotopic (exact) mass is 281 g/mol. The van der Waals surface area contributed by atoms with Gasteiger partial charge in [-0.15, -0.1) is 0 Å². The Labute approximate surface area is 118 Å². The van der Waals surface area contributed by atoms with E-state index in [9.17, 15) is 0 Å². The number of anilines is 1. The van der Waals surface area contributed by atoms with Crippen LogP contribution in [0.15, 0.2) is 30.5 Å². The molecule has 0 fully saturated rings. The van der Waals surface area contributed by atoms with Gasteiger partial charge in [0.15, 0.2) is 10.8 Å². The van der Waals surface area contributed by atoms with Gasteiger partial charge in [0, 0.05) is 11.8 Å². The molecule has 3 aromatic heterocycles. The minimum atomic E-state index is 0.583. The van der Waals surface area contributed by atoms with Crippen molar-refractivity contribution in [1.82, 2.24) is 19.9 Å². The number of nitrogens with zero attached hydrogens (tertiary/aromatic N) is 3. The number of thiazole rings is 1. The number of aromatic nitrogens is 4. The van der Waals surface area contributed by atoms with Crippen LogP contribution >= 0.6 is 11.3 Å². The molecule has 0 atom stereocenters. The first kappa shape index (κ1) is 11.4. The number of nitrogens with two attached hydrogens (primary N) is 1. The van der Waals surface area contributed by atoms with Crippen molar-refractivity contribution in [3.8, 4) is 11.4 Å². The predicted octanol–water partition coefficient (Wildman–Crippen LogP) is 3.13. The summed E-state index contributed by atoms with van der Waals surface area (Å²) in [6.45, 7) is 2.04. The van der Waals surface area contributed by atoms with Gasteiger partial charge in [0.2, 0.25) is 0 Å². The number of nitrogen functional groups attached to an aromatic ring is 1. The van der Waals surface area contributed by atoms with Crippen molar-refractivity contribution >= 4 is 37.8 Å². The number of fused-ring (bicyclic) bond motifs is 2. The molecule has 0 saturated carbocycles. The number of benzene rings is 1. The molecular formula is C14H11N5S. The van der Waals surface area contributed by atoms with Crippen LogP contribution in [0.5, 0.6) is 0 Å². The highest BCUT2D eigenvalue weighted by Crippen LogP contribution is 2.29. The molecular weight excluding hydrogens is 270 g/mol. The summed E-state index contributed by atoms with van der Waals surface area (Å²) in [5, 5.41) is 0.583. The molecule has 0 amide bonds. The second-order valence-electron chi connectivity index (χ2n) is 4.65. The van der Waals surface area contributed by atoms with Gasteiger partial charge in [-0.2, -0.15) is 0 Å². The van der Waals surface area contributed by atoms with Crippen molar-refractivity contribution in [3.05, 3.63) is 36.0 Å². The minimum Gasteiger partial charge on any atom is -0.375 e. The third-order valence-electron chi connectivity index (χ3n) is 3.28. The lowest BCUT2D eigenvalue weighted by Gasteiger charge is -1.95. The number of nitrogens with one attached hydrogen (secondary N) is 1. The summed E-state index contributed by atoms with van der Waals surface area (Å²) >= 11 is 1.48. The SMILES string of the molecule is Cc1ccnc2nc(-c3ccc4nc(N)sc4c3)[nH]c12. The molecule has 6 heteroatoms. The first-order chi connectivity index (χ1) is 9.70. The Morgan fingerprint density at radius 2 is 2.10 bits per heavy atom. The number of imidazole rings is 1. The summed E-state index contributed by atoms with van der Waals surface area (Å²) in [7, 11) is 0. The smallest absolute Gasteiger partial charge is 0.181 e. The Balaban J connectivity index is 1.93. The van der Waals surface area contributed by atoms with Crippen molar-refractivity contribution in [1.29, 1.82) is 0 Å². The molecule has 0 unspecified atom stereocenters. The molecule has 20 heavy (non-hydrogen) atoms. The average Bonchev–Trinajstić information content (AvgIpc) is 3.00. The van der Waals surface area contributed by atoms with Gasteiger partial charge in [-0.3, -0.25) is 0 Å². The summed E-state index contributed by atoms with van der Waals surface area (Å²) in [6, 6.07) is 7.98. The van der Waals surface area contributed by atoms with Gasteiger partial charge >= 0.3 is 0 Å². The molecule has 0 aliphatic heterocycles. The number of H-pyrrole nitrogens is 1. The van der Waals surface area contributed by atoms with E-state index in [1.54, 1.807) is 6.20 Å². The van der Waals surface area contributed by atoms with E-state index in [0.717, 1.165) is 38.3 Å². The summed E-state index contributed by atoms with van der Waals surface area (Å²) in [5.74, 6) is 0.815. The molecule has 1 aromatic carbocycles. The number of aryl methyl sites for hydroxylation is 1. The first-order valence-corrected chi connectivity index (χ1v) is 7.00. The van der Waals surface area contributed by atoms with Crippen LogP contribution in [0.3, 0.4) is 0 Å². The third kappa shape index (κ3) is 1.65. The Morgan fingerprint density at radius 1 is 1.20 bits per heavy atom. The lowest BCUT2D eigenvalue weighted by Crippen LogP contribution is -1.80. The van der Waals surface area contributed by atoms with Crippen molar-refractivity contribution < 1.29 is 0 Å². The maximum absolute atomic E-state index is 5.73. The van der Waals surface area contributed by atoms with E-state index in [4.69, 9.17) is 5.73 Å². The molecule has 0 aliphatic rings. The van der Waals surface area contributed by atoms with Gasteiger partial charge in [-0.25, -0.2) is 15.0 Å². The predicted molar refractivity (Wildman–Crippen MR) is 81.7 cm³/mol. The van der Waals surface area contributed by atoms with Crippen LogP contribution in [-0.4, -0.2) is 19.9 Å². The van der Waals surface area contributed by atoms with Crippen molar-refractivity contribution in [3.63, 3.8) is 0 Å². The van der Waals surface area contributed by atoms with Crippen LogP contribution in [0, 0.1) is 6.92 Å². The summed E-state index contributed by atoms with van der Waals surface area (Å²) in [6.07, 6.45) is 1.77. The maximum Gasteiger partial charge on any atom is 0.181 e. The highest BCUT2D eigenvalue weighted by molar-refractivity contribution is 7.22. The topological polar surface area (TPSA) is 80.5 Å². The van der Waals surface area contributed by atoms with Gasteiger partial charge in [0.05, 0.1) is 15.7 Å². The quantitative estimate of drug-likeness (QED) is 0.561. The van der Waals surface area contributed by atoms with Gasteiger partial charge in [-0.05, 0) is 36.8 Å². The summed E-state index contributed by atoms with van der Waals surface area (Å²) < 4.78 is 1.06. The summed E-state index contributed by atoms with van der Waals surface area (Å²) in [5.41, 5.74) is 10.5. The third-order valence-corrected chi connectivity index (χ3v) is 4.13. The molecule has 3 N–H and O–H groups in total. The minimum absolute atomic E-state index is 0.583. The van der Waals surface area contributed by atoms with E-state index in [1.165, 1.54) is 11.3 Å². The molecule has 3 heterocycles. The zero-order valence-corrected chi connectivity index (χ0v) is 11.5. The van der Waals surface area contributed by atoms with Crippen LogP contribution in [0.2, 0.25) is 0 Å². The Bertz CT molecular complexity index is 937. The van der Waals surface area contributed by atoms with Crippen molar-refractivity contribution in [2.75, 3.05) is 5.73 Å². The highest BCUT2D eigenvalue weighted by atomic mass is 32.1. The van der Waals surface area contributed by atoms with E-state index < -0.39 is 0 Å². The second kappa shape index (κ2) is 4.01. The van der Waals surface area contributed by atoms with E-state index in [-0.39, 0.29) is 0 Å². The molecule has 0 radical (unpaired) electrons. The van der Waals surface area contributed by atoms with E-state index >= 15 is 0 Å². The fourth-order valence-corrected chi connectivity index (χ4v) is 3.04. The zero-order chi connectivity index (χ0) is 13.7. The highest BCUT2D eigenvalue weighted by Gasteiger charge is 2.09. The lowest BCUT2D eigenvalue weighted by molar-refractivity contribution is 1.30. The zero-order valence-electron chi connectivity index (χ0n) is 10.7. The van der Waals surface area contributed by atoms with Gasteiger partial charge in [-0.1, -0.05) is 11.3 Å². The molecule has 0 spiro atoms. The van der Waals surface area contributed by atoms with Crippen LogP contribution in [0.25, 0.3) is 32.8 Å². The van der Waals surface area contributed by atoms with Gasteiger partial charge in [0.1, 0.15) is 5.82 Å². The molecule has 98 valence electrons. The van der Waals surface area contributed by atoms with Crippen molar-refractivity contribution in [2.24, 2.45) is 0 Å². The number of hydrogen-bond acceptors (Lipinski definition) is 5. The Morgan fingerprint density at radius 3 is 2.95 bits per heavy atom. The number of rotatable bonds is 1. The largest absolute Gasteiger partial charge is 0.375 e.